The summed E-state index contributed by atoms with van der Waals surface area (Å²) in [7, 11) is -2.67. The minimum atomic E-state index is -4.23. The van der Waals surface area contributed by atoms with E-state index in [2.05, 4.69) is 5.32 Å². The molecule has 238 valence electrons. The van der Waals surface area contributed by atoms with Crippen LogP contribution in [0.4, 0.5) is 5.69 Å². The Morgan fingerprint density at radius 1 is 0.977 bits per heavy atom. The summed E-state index contributed by atoms with van der Waals surface area (Å²) < 4.78 is 40.7. The number of unbranched alkanes of at least 4 members (excludes halogenated alkanes) is 1. The van der Waals surface area contributed by atoms with Crippen molar-refractivity contribution >= 4 is 39.3 Å². The third-order valence-corrected chi connectivity index (χ3v) is 9.58. The molecule has 1 atom stereocenters. The number of rotatable bonds is 17. The number of nitrogens with zero attached hydrogens (tertiary/aromatic N) is 2. The molecule has 0 aliphatic rings. The van der Waals surface area contributed by atoms with E-state index >= 15 is 0 Å². The van der Waals surface area contributed by atoms with E-state index in [0.717, 1.165) is 27.6 Å². The Kier molecular flexibility index (Phi) is 13.4. The third-order valence-electron chi connectivity index (χ3n) is 7.06. The zero-order chi connectivity index (χ0) is 32.1. The van der Waals surface area contributed by atoms with Crippen LogP contribution in [0.1, 0.15) is 45.6 Å². The first kappa shape index (κ1) is 34.8. The van der Waals surface area contributed by atoms with E-state index in [1.54, 1.807) is 62.6 Å². The van der Waals surface area contributed by atoms with Gasteiger partial charge in [-0.25, -0.2) is 8.42 Å². The van der Waals surface area contributed by atoms with Crippen LogP contribution in [-0.4, -0.2) is 64.2 Å². The topological polar surface area (TPSA) is 105 Å². The Hall–Kier alpha value is -3.70. The summed E-state index contributed by atoms with van der Waals surface area (Å²) in [5.74, 6) is 0.129. The van der Waals surface area contributed by atoms with Gasteiger partial charge in [0.25, 0.3) is 10.0 Å². The molecular formula is C33H43N3O6S2. The molecule has 2 amide bonds. The number of methoxy groups -OCH3 is 1. The number of benzene rings is 3. The van der Waals surface area contributed by atoms with E-state index in [0.29, 0.717) is 31.1 Å². The van der Waals surface area contributed by atoms with Gasteiger partial charge < -0.3 is 19.7 Å². The highest BCUT2D eigenvalue weighted by molar-refractivity contribution is 7.98. The molecule has 0 spiro atoms. The molecule has 9 nitrogen and oxygen atoms in total. The summed E-state index contributed by atoms with van der Waals surface area (Å²) in [5, 5.41) is 2.94. The number of anilines is 1. The molecule has 0 fully saturated rings. The van der Waals surface area contributed by atoms with Crippen molar-refractivity contribution in [2.75, 3.05) is 37.4 Å². The first-order chi connectivity index (χ1) is 21.2. The van der Waals surface area contributed by atoms with Gasteiger partial charge in [0.15, 0.2) is 0 Å². The highest BCUT2D eigenvalue weighted by Crippen LogP contribution is 2.33. The normalized spacial score (nSPS) is 11.8. The number of nitrogens with one attached hydrogen (secondary N) is 1. The van der Waals surface area contributed by atoms with Gasteiger partial charge in [0, 0.05) is 18.0 Å². The molecule has 0 saturated carbocycles. The lowest BCUT2D eigenvalue weighted by Gasteiger charge is -2.33. The Balaban J connectivity index is 2.10. The molecule has 0 heterocycles. The van der Waals surface area contributed by atoms with Gasteiger partial charge in [-0.05, 0) is 80.1 Å². The van der Waals surface area contributed by atoms with E-state index < -0.39 is 28.5 Å². The lowest BCUT2D eigenvalue weighted by Crippen LogP contribution is -2.52. The van der Waals surface area contributed by atoms with Crippen LogP contribution in [0.2, 0.25) is 0 Å². The van der Waals surface area contributed by atoms with Crippen molar-refractivity contribution in [2.45, 2.75) is 62.4 Å². The van der Waals surface area contributed by atoms with E-state index in [1.807, 2.05) is 32.2 Å². The molecule has 0 radical (unpaired) electrons. The second-order valence-corrected chi connectivity index (χ2v) is 12.8. The number of hydrogen-bond donors (Lipinski definition) is 1. The molecule has 0 aliphatic heterocycles. The fraction of sp³-hybridized carbons (Fsp3) is 0.394. The number of thioether (sulfide) groups is 1. The molecule has 1 unspecified atom stereocenters. The van der Waals surface area contributed by atoms with Crippen LogP contribution in [0.5, 0.6) is 11.5 Å². The number of para-hydroxylation sites is 2. The van der Waals surface area contributed by atoms with Crippen molar-refractivity contribution in [3.05, 3.63) is 78.4 Å². The summed E-state index contributed by atoms with van der Waals surface area (Å²) in [6.07, 6.45) is 3.97. The fourth-order valence-corrected chi connectivity index (χ4v) is 6.56. The predicted octanol–water partition coefficient (Wildman–Crippen LogP) is 5.73. The minimum absolute atomic E-state index is 0.0399. The second kappa shape index (κ2) is 17.0. The molecule has 0 bridgehead atoms. The van der Waals surface area contributed by atoms with Crippen LogP contribution in [0.25, 0.3) is 0 Å². The largest absolute Gasteiger partial charge is 0.497 e. The first-order valence-corrected chi connectivity index (χ1v) is 17.4. The van der Waals surface area contributed by atoms with Gasteiger partial charge in [0.05, 0.1) is 24.3 Å². The van der Waals surface area contributed by atoms with Gasteiger partial charge in [-0.3, -0.25) is 13.9 Å². The third kappa shape index (κ3) is 8.92. The van der Waals surface area contributed by atoms with Crippen LogP contribution >= 0.6 is 11.8 Å². The number of carbonyl (C=O) groups is 2. The Morgan fingerprint density at radius 3 is 2.34 bits per heavy atom. The Bertz CT molecular complexity index is 1480. The molecule has 0 aliphatic carbocycles. The van der Waals surface area contributed by atoms with Crippen molar-refractivity contribution in [3.63, 3.8) is 0 Å². The average molecular weight is 642 g/mol. The SMILES string of the molecule is CCCCNC(=O)C(CC)N(Cc1cccc(OC)c1)C(=O)CN(c1ccccc1OCC)S(=O)(=O)c1ccc(SC)cc1. The zero-order valence-electron chi connectivity index (χ0n) is 26.1. The number of hydrogen-bond acceptors (Lipinski definition) is 7. The van der Waals surface area contributed by atoms with E-state index in [9.17, 15) is 18.0 Å². The van der Waals surface area contributed by atoms with Gasteiger partial charge >= 0.3 is 0 Å². The average Bonchev–Trinajstić information content (AvgIpc) is 3.04. The smallest absolute Gasteiger partial charge is 0.264 e. The monoisotopic (exact) mass is 641 g/mol. The van der Waals surface area contributed by atoms with Crippen LogP contribution in [-0.2, 0) is 26.2 Å². The van der Waals surface area contributed by atoms with Crippen LogP contribution in [0, 0.1) is 0 Å². The van der Waals surface area contributed by atoms with Gasteiger partial charge in [0.1, 0.15) is 24.1 Å². The zero-order valence-corrected chi connectivity index (χ0v) is 27.7. The van der Waals surface area contributed by atoms with Crippen molar-refractivity contribution in [1.82, 2.24) is 10.2 Å². The molecular weight excluding hydrogens is 599 g/mol. The molecule has 1 N–H and O–H groups in total. The van der Waals surface area contributed by atoms with E-state index in [1.165, 1.54) is 28.8 Å². The summed E-state index contributed by atoms with van der Waals surface area (Å²) in [5.41, 5.74) is 0.979. The summed E-state index contributed by atoms with van der Waals surface area (Å²) in [6, 6.07) is 19.7. The number of sulfonamides is 1. The molecule has 3 aromatic carbocycles. The Morgan fingerprint density at radius 2 is 1.70 bits per heavy atom. The molecule has 44 heavy (non-hydrogen) atoms. The van der Waals surface area contributed by atoms with Crippen LogP contribution in [0.3, 0.4) is 0 Å². The molecule has 0 saturated heterocycles. The van der Waals surface area contributed by atoms with Gasteiger partial charge in [-0.1, -0.05) is 44.5 Å². The van der Waals surface area contributed by atoms with Crippen LogP contribution < -0.4 is 19.1 Å². The molecule has 3 rings (SSSR count). The van der Waals surface area contributed by atoms with E-state index in [4.69, 9.17) is 9.47 Å². The first-order valence-electron chi connectivity index (χ1n) is 14.8. The predicted molar refractivity (Wildman–Crippen MR) is 176 cm³/mol. The highest BCUT2D eigenvalue weighted by atomic mass is 32.2. The molecule has 11 heteroatoms. The molecule has 0 aromatic heterocycles. The van der Waals surface area contributed by atoms with Gasteiger partial charge in [0.2, 0.25) is 11.8 Å². The maximum absolute atomic E-state index is 14.3. The lowest BCUT2D eigenvalue weighted by atomic mass is 10.1. The van der Waals surface area contributed by atoms with Crippen molar-refractivity contribution in [3.8, 4) is 11.5 Å². The summed E-state index contributed by atoms with van der Waals surface area (Å²) >= 11 is 1.50. The van der Waals surface area contributed by atoms with Crippen molar-refractivity contribution in [1.29, 1.82) is 0 Å². The van der Waals surface area contributed by atoms with Crippen molar-refractivity contribution in [2.24, 2.45) is 0 Å². The molecule has 3 aromatic rings. The lowest BCUT2D eigenvalue weighted by molar-refractivity contribution is -0.140. The number of ether oxygens (including phenoxy) is 2. The summed E-state index contributed by atoms with van der Waals surface area (Å²) in [4.78, 5) is 30.1. The maximum atomic E-state index is 14.3. The van der Waals surface area contributed by atoms with Crippen LogP contribution in [0.15, 0.2) is 82.6 Å². The summed E-state index contributed by atoms with van der Waals surface area (Å²) in [6.45, 7) is 6.01. The quantitative estimate of drug-likeness (QED) is 0.148. The van der Waals surface area contributed by atoms with Crippen molar-refractivity contribution < 1.29 is 27.5 Å². The maximum Gasteiger partial charge on any atom is 0.264 e. The second-order valence-electron chi connectivity index (χ2n) is 10.0. The number of carbonyl (C=O) groups excluding carboxylic acids is 2. The minimum Gasteiger partial charge on any atom is -0.497 e. The Labute approximate surface area is 266 Å². The standard InChI is InChI=1S/C33H43N3O6S2/c1-6-9-21-34-33(38)29(7-2)35(23-25-13-12-14-26(22-25)41-4)32(37)24-36(30-15-10-11-16-31(30)42-8-3)44(39,40)28-19-17-27(43-5)18-20-28/h10-20,22,29H,6-9,21,23-24H2,1-5H3,(H,34,38). The van der Waals surface area contributed by atoms with Gasteiger partial charge in [-0.2, -0.15) is 0 Å². The van der Waals surface area contributed by atoms with E-state index in [-0.39, 0.29) is 23.0 Å². The number of amides is 2. The highest BCUT2D eigenvalue weighted by Gasteiger charge is 2.34. The van der Waals surface area contributed by atoms with Gasteiger partial charge in [-0.15, -0.1) is 11.8 Å². The fourth-order valence-electron chi connectivity index (χ4n) is 4.72.